The van der Waals surface area contributed by atoms with Gasteiger partial charge in [-0.3, -0.25) is 19.9 Å². The fourth-order valence-electron chi connectivity index (χ4n) is 3.42. The topological polar surface area (TPSA) is 66.3 Å². The van der Waals surface area contributed by atoms with Gasteiger partial charge in [-0.2, -0.15) is 5.10 Å². The zero-order chi connectivity index (χ0) is 17.1. The number of carbonyl (C=O) groups excluding carboxylic acids is 1. The predicted molar refractivity (Wildman–Crippen MR) is 92.6 cm³/mol. The van der Waals surface area contributed by atoms with Gasteiger partial charge in [0, 0.05) is 51.3 Å². The van der Waals surface area contributed by atoms with Gasteiger partial charge in [-0.1, -0.05) is 6.07 Å². The van der Waals surface area contributed by atoms with Gasteiger partial charge in [-0.15, -0.1) is 0 Å². The summed E-state index contributed by atoms with van der Waals surface area (Å²) in [7, 11) is 5.79. The van der Waals surface area contributed by atoms with E-state index in [9.17, 15) is 4.79 Å². The van der Waals surface area contributed by atoms with Crippen LogP contribution in [-0.2, 0) is 7.05 Å². The van der Waals surface area contributed by atoms with Gasteiger partial charge in [0.05, 0.1) is 0 Å². The molecule has 3 rings (SSSR count). The lowest BCUT2D eigenvalue weighted by molar-refractivity contribution is 0.201. The fraction of sp³-hybridized carbons (Fsp3) is 0.471. The van der Waals surface area contributed by atoms with Gasteiger partial charge < -0.3 is 4.90 Å². The molecule has 1 N–H and O–H groups in total. The summed E-state index contributed by atoms with van der Waals surface area (Å²) in [6.45, 7) is 1.72. The maximum Gasteiger partial charge on any atom is 0.322 e. The van der Waals surface area contributed by atoms with Crippen molar-refractivity contribution in [1.82, 2.24) is 24.6 Å². The summed E-state index contributed by atoms with van der Waals surface area (Å²) in [5.41, 5.74) is 1.21. The van der Waals surface area contributed by atoms with Gasteiger partial charge in [0.2, 0.25) is 0 Å². The van der Waals surface area contributed by atoms with Gasteiger partial charge in [-0.05, 0) is 37.6 Å². The third kappa shape index (κ3) is 3.56. The highest BCUT2D eigenvalue weighted by molar-refractivity contribution is 5.88. The highest BCUT2D eigenvalue weighted by atomic mass is 16.2. The average molecular weight is 328 g/mol. The number of hydrogen-bond acceptors (Lipinski definition) is 4. The monoisotopic (exact) mass is 328 g/mol. The molecule has 0 radical (unpaired) electrons. The van der Waals surface area contributed by atoms with Gasteiger partial charge in [0.15, 0.2) is 5.82 Å². The first kappa shape index (κ1) is 16.4. The number of anilines is 1. The van der Waals surface area contributed by atoms with Gasteiger partial charge >= 0.3 is 6.03 Å². The van der Waals surface area contributed by atoms with E-state index in [1.165, 1.54) is 5.56 Å². The Hall–Kier alpha value is -2.41. The summed E-state index contributed by atoms with van der Waals surface area (Å²) < 4.78 is 1.67. The number of nitrogens with zero attached hydrogens (tertiary/aromatic N) is 5. The molecule has 1 aliphatic rings. The van der Waals surface area contributed by atoms with Crippen LogP contribution < -0.4 is 5.32 Å². The summed E-state index contributed by atoms with van der Waals surface area (Å²) in [4.78, 5) is 20.7. The van der Waals surface area contributed by atoms with Crippen molar-refractivity contribution >= 4 is 11.8 Å². The number of pyridine rings is 1. The van der Waals surface area contributed by atoms with Crippen LogP contribution in [-0.4, -0.2) is 57.8 Å². The molecular formula is C17H24N6O. The molecule has 1 aliphatic heterocycles. The highest BCUT2D eigenvalue weighted by Gasteiger charge is 2.34. The quantitative estimate of drug-likeness (QED) is 0.932. The van der Waals surface area contributed by atoms with Crippen LogP contribution in [0.4, 0.5) is 10.6 Å². The lowest BCUT2D eigenvalue weighted by Gasteiger charge is -2.28. The second kappa shape index (κ2) is 7.00. The van der Waals surface area contributed by atoms with E-state index in [2.05, 4.69) is 33.4 Å². The standard InChI is InChI=1S/C17H24N6O/c1-21-9-6-14(16(21)13-5-4-8-18-11-13)12-22(2)17(24)19-15-7-10-23(3)20-15/h4-5,7-8,10-11,14,16H,6,9,12H2,1-3H3,(H,19,20,24)/t14-,16-/m0/s1. The van der Waals surface area contributed by atoms with Crippen LogP contribution in [0.15, 0.2) is 36.8 Å². The molecule has 1 saturated heterocycles. The Morgan fingerprint density at radius 2 is 2.25 bits per heavy atom. The van der Waals surface area contributed by atoms with Crippen molar-refractivity contribution in [1.29, 1.82) is 0 Å². The van der Waals surface area contributed by atoms with Gasteiger partial charge in [0.1, 0.15) is 0 Å². The summed E-state index contributed by atoms with van der Waals surface area (Å²) in [5, 5.41) is 7.01. The molecule has 2 aromatic rings. The Bertz CT molecular complexity index is 685. The largest absolute Gasteiger partial charge is 0.327 e. The first-order valence-corrected chi connectivity index (χ1v) is 8.16. The number of carbonyl (C=O) groups is 1. The van der Waals surface area contributed by atoms with Crippen molar-refractivity contribution in [3.8, 4) is 0 Å². The number of amides is 2. The van der Waals surface area contributed by atoms with Gasteiger partial charge in [-0.25, -0.2) is 4.79 Å². The molecule has 1 fully saturated rings. The van der Waals surface area contributed by atoms with Crippen molar-refractivity contribution in [2.75, 3.05) is 32.5 Å². The second-order valence-electron chi connectivity index (χ2n) is 6.45. The molecule has 0 aromatic carbocycles. The van der Waals surface area contributed by atoms with E-state index < -0.39 is 0 Å². The Kier molecular flexibility index (Phi) is 4.80. The van der Waals surface area contributed by atoms with Crippen molar-refractivity contribution in [3.63, 3.8) is 0 Å². The third-order valence-electron chi connectivity index (χ3n) is 4.60. The minimum absolute atomic E-state index is 0.131. The summed E-state index contributed by atoms with van der Waals surface area (Å²) >= 11 is 0. The van der Waals surface area contributed by atoms with Crippen LogP contribution in [0.25, 0.3) is 0 Å². The molecule has 0 unspecified atom stereocenters. The molecule has 0 spiro atoms. The Balaban J connectivity index is 1.64. The van der Waals surface area contributed by atoms with E-state index in [1.807, 2.05) is 26.4 Å². The minimum Gasteiger partial charge on any atom is -0.327 e. The molecule has 0 bridgehead atoms. The van der Waals surface area contributed by atoms with Crippen LogP contribution in [0.2, 0.25) is 0 Å². The van der Waals surface area contributed by atoms with Crippen LogP contribution in [0.3, 0.4) is 0 Å². The molecular weight excluding hydrogens is 304 g/mol. The van der Waals surface area contributed by atoms with E-state index in [0.29, 0.717) is 24.3 Å². The molecule has 7 heteroatoms. The minimum atomic E-state index is -0.131. The number of likely N-dealkylation sites (tertiary alicyclic amines) is 1. The number of aryl methyl sites for hydroxylation is 1. The molecule has 128 valence electrons. The van der Waals surface area contributed by atoms with E-state index in [0.717, 1.165) is 13.0 Å². The normalized spacial score (nSPS) is 21.0. The summed E-state index contributed by atoms with van der Waals surface area (Å²) in [6, 6.07) is 6.03. The van der Waals surface area contributed by atoms with Crippen LogP contribution >= 0.6 is 0 Å². The second-order valence-corrected chi connectivity index (χ2v) is 6.45. The molecule has 24 heavy (non-hydrogen) atoms. The first-order valence-electron chi connectivity index (χ1n) is 8.16. The zero-order valence-electron chi connectivity index (χ0n) is 14.4. The van der Waals surface area contributed by atoms with Crippen molar-refractivity contribution in [2.24, 2.45) is 13.0 Å². The molecule has 0 saturated carbocycles. The first-order chi connectivity index (χ1) is 11.5. The molecule has 2 aromatic heterocycles. The summed E-state index contributed by atoms with van der Waals surface area (Å²) in [5.74, 6) is 0.959. The van der Waals surface area contributed by atoms with E-state index in [1.54, 1.807) is 28.0 Å². The molecule has 7 nitrogen and oxygen atoms in total. The number of hydrogen-bond donors (Lipinski definition) is 1. The van der Waals surface area contributed by atoms with E-state index in [-0.39, 0.29) is 6.03 Å². The van der Waals surface area contributed by atoms with Crippen LogP contribution in [0, 0.1) is 5.92 Å². The predicted octanol–water partition coefficient (Wildman–Crippen LogP) is 1.97. The van der Waals surface area contributed by atoms with Crippen LogP contribution in [0.1, 0.15) is 18.0 Å². The van der Waals surface area contributed by atoms with Crippen molar-refractivity contribution in [2.45, 2.75) is 12.5 Å². The zero-order valence-corrected chi connectivity index (χ0v) is 14.4. The Morgan fingerprint density at radius 3 is 2.92 bits per heavy atom. The van der Waals surface area contributed by atoms with Crippen LogP contribution in [0.5, 0.6) is 0 Å². The summed E-state index contributed by atoms with van der Waals surface area (Å²) in [6.07, 6.45) is 6.59. The lowest BCUT2D eigenvalue weighted by Crippen LogP contribution is -2.37. The van der Waals surface area contributed by atoms with Crippen molar-refractivity contribution in [3.05, 3.63) is 42.4 Å². The Labute approximate surface area is 142 Å². The number of nitrogens with one attached hydrogen (secondary N) is 1. The molecule has 2 amide bonds. The lowest BCUT2D eigenvalue weighted by atomic mass is 9.94. The van der Waals surface area contributed by atoms with Gasteiger partial charge in [0.25, 0.3) is 0 Å². The average Bonchev–Trinajstić information content (AvgIpc) is 3.14. The number of aromatic nitrogens is 3. The van der Waals surface area contributed by atoms with E-state index >= 15 is 0 Å². The molecule has 3 heterocycles. The van der Waals surface area contributed by atoms with Crippen molar-refractivity contribution < 1.29 is 4.79 Å². The number of urea groups is 1. The molecule has 0 aliphatic carbocycles. The maximum atomic E-state index is 12.4. The fourth-order valence-corrected chi connectivity index (χ4v) is 3.42. The third-order valence-corrected chi connectivity index (χ3v) is 4.60. The van der Waals surface area contributed by atoms with E-state index in [4.69, 9.17) is 0 Å². The number of rotatable bonds is 4. The smallest absolute Gasteiger partial charge is 0.322 e. The highest BCUT2D eigenvalue weighted by Crippen LogP contribution is 2.36. The Morgan fingerprint density at radius 1 is 1.42 bits per heavy atom. The SMILES string of the molecule is CN(C[C@@H]1CCN(C)[C@H]1c1cccnc1)C(=O)Nc1ccn(C)n1. The maximum absolute atomic E-state index is 12.4. The molecule has 2 atom stereocenters.